The minimum Gasteiger partial charge on any atom is -0.346 e. The van der Waals surface area contributed by atoms with Gasteiger partial charge in [-0.3, -0.25) is 5.10 Å². The smallest absolute Gasteiger partial charge is 0.141 e. The predicted molar refractivity (Wildman–Crippen MR) is 88.3 cm³/mol. The number of nitriles is 1. The van der Waals surface area contributed by atoms with E-state index in [0.717, 1.165) is 41.1 Å². The van der Waals surface area contributed by atoms with Crippen molar-refractivity contribution in [1.82, 2.24) is 25.1 Å². The van der Waals surface area contributed by atoms with Gasteiger partial charge in [0.05, 0.1) is 18.0 Å². The molecule has 0 aromatic carbocycles. The molecule has 3 heterocycles. The van der Waals surface area contributed by atoms with E-state index in [1.807, 2.05) is 18.5 Å². The highest BCUT2D eigenvalue weighted by molar-refractivity contribution is 5.89. The van der Waals surface area contributed by atoms with Crippen LogP contribution >= 0.6 is 0 Å². The fraction of sp³-hybridized carbons (Fsp3) is 0.412. The number of nitrogens with one attached hydrogen (secondary N) is 2. The standard InChI is InChI=1S/C9H7N5.C8H13N/c1-2-10-9-7(1)8(11-5-12-9)6-3-13-14-4-6;9-7-3-6-8-4-1-2-5-8/h1-5H,(H,13,14)(H,10,11,12);8H,1-6H2. The zero-order chi connectivity index (χ0) is 15.9. The lowest BCUT2D eigenvalue weighted by Crippen LogP contribution is -1.90. The largest absolute Gasteiger partial charge is 0.346 e. The minimum atomic E-state index is 0.769. The molecule has 0 bridgehead atoms. The molecule has 1 aliphatic rings. The topological polar surface area (TPSA) is 94.0 Å². The van der Waals surface area contributed by atoms with Gasteiger partial charge in [0.1, 0.15) is 12.0 Å². The van der Waals surface area contributed by atoms with E-state index in [0.29, 0.717) is 0 Å². The van der Waals surface area contributed by atoms with Crippen molar-refractivity contribution in [3.8, 4) is 17.3 Å². The Morgan fingerprint density at radius 2 is 2.13 bits per heavy atom. The van der Waals surface area contributed by atoms with Crippen LogP contribution in [0.15, 0.2) is 31.0 Å². The monoisotopic (exact) mass is 308 g/mol. The SMILES string of the molecule is N#CCCC1CCCC1.c1nc(-c2cn[nH]c2)c2cc[nH]c2n1. The zero-order valence-electron chi connectivity index (χ0n) is 13.0. The zero-order valence-corrected chi connectivity index (χ0v) is 13.0. The normalized spacial score (nSPS) is 14.4. The molecule has 3 aromatic rings. The average Bonchev–Trinajstić information content (AvgIpc) is 3.35. The number of aromatic nitrogens is 5. The third-order valence-corrected chi connectivity index (χ3v) is 4.26. The average molecular weight is 308 g/mol. The lowest BCUT2D eigenvalue weighted by Gasteiger charge is -2.02. The van der Waals surface area contributed by atoms with Gasteiger partial charge in [-0.2, -0.15) is 10.4 Å². The minimum absolute atomic E-state index is 0.769. The van der Waals surface area contributed by atoms with Crippen molar-refractivity contribution in [1.29, 1.82) is 5.26 Å². The molecule has 1 saturated carbocycles. The highest BCUT2D eigenvalue weighted by Gasteiger charge is 2.13. The first-order chi connectivity index (χ1) is 11.4. The van der Waals surface area contributed by atoms with Crippen molar-refractivity contribution in [2.75, 3.05) is 0 Å². The predicted octanol–water partition coefficient (Wildman–Crippen LogP) is 3.83. The second kappa shape index (κ2) is 7.54. The highest BCUT2D eigenvalue weighted by Crippen LogP contribution is 2.28. The van der Waals surface area contributed by atoms with Gasteiger partial charge in [-0.05, 0) is 18.4 Å². The van der Waals surface area contributed by atoms with Gasteiger partial charge in [-0.1, -0.05) is 25.7 Å². The van der Waals surface area contributed by atoms with Gasteiger partial charge in [0.2, 0.25) is 0 Å². The molecule has 0 radical (unpaired) electrons. The summed E-state index contributed by atoms with van der Waals surface area (Å²) in [6, 6.07) is 4.15. The second-order valence-electron chi connectivity index (χ2n) is 5.80. The quantitative estimate of drug-likeness (QED) is 0.768. The lowest BCUT2D eigenvalue weighted by atomic mass is 10.0. The molecule has 0 spiro atoms. The van der Waals surface area contributed by atoms with Crippen LogP contribution in [-0.4, -0.2) is 25.1 Å². The molecule has 0 unspecified atom stereocenters. The highest BCUT2D eigenvalue weighted by atomic mass is 15.1. The van der Waals surface area contributed by atoms with Gasteiger partial charge in [-0.15, -0.1) is 0 Å². The summed E-state index contributed by atoms with van der Waals surface area (Å²) in [4.78, 5) is 11.4. The van der Waals surface area contributed by atoms with E-state index in [-0.39, 0.29) is 0 Å². The van der Waals surface area contributed by atoms with Crippen molar-refractivity contribution in [2.45, 2.75) is 38.5 Å². The van der Waals surface area contributed by atoms with E-state index < -0.39 is 0 Å². The summed E-state index contributed by atoms with van der Waals surface area (Å²) in [6.45, 7) is 0. The fourth-order valence-electron chi connectivity index (χ4n) is 3.05. The molecule has 1 fully saturated rings. The number of fused-ring (bicyclic) bond motifs is 1. The van der Waals surface area contributed by atoms with Crippen molar-refractivity contribution in [3.63, 3.8) is 0 Å². The summed E-state index contributed by atoms with van der Waals surface area (Å²) in [5.41, 5.74) is 2.71. The van der Waals surface area contributed by atoms with Crippen LogP contribution in [0.25, 0.3) is 22.3 Å². The Kier molecular flexibility index (Phi) is 4.99. The number of aromatic amines is 2. The second-order valence-corrected chi connectivity index (χ2v) is 5.80. The third-order valence-electron chi connectivity index (χ3n) is 4.26. The van der Waals surface area contributed by atoms with E-state index in [4.69, 9.17) is 5.26 Å². The molecule has 23 heavy (non-hydrogen) atoms. The maximum absolute atomic E-state index is 8.28. The molecule has 3 aromatic heterocycles. The molecule has 4 rings (SSSR count). The molecule has 0 saturated heterocycles. The van der Waals surface area contributed by atoms with E-state index in [2.05, 4.69) is 31.2 Å². The van der Waals surface area contributed by atoms with Gasteiger partial charge in [-0.25, -0.2) is 9.97 Å². The lowest BCUT2D eigenvalue weighted by molar-refractivity contribution is 0.511. The summed E-state index contributed by atoms with van der Waals surface area (Å²) >= 11 is 0. The Bertz CT molecular complexity index is 762. The summed E-state index contributed by atoms with van der Waals surface area (Å²) in [5, 5.41) is 15.9. The van der Waals surface area contributed by atoms with Crippen LogP contribution in [0.1, 0.15) is 38.5 Å². The van der Waals surface area contributed by atoms with Gasteiger partial charge in [0.15, 0.2) is 0 Å². The number of nitrogens with zero attached hydrogens (tertiary/aromatic N) is 4. The van der Waals surface area contributed by atoms with E-state index in [1.54, 1.807) is 12.5 Å². The van der Waals surface area contributed by atoms with E-state index in [9.17, 15) is 0 Å². The summed E-state index contributed by atoms with van der Waals surface area (Å²) in [7, 11) is 0. The third kappa shape index (κ3) is 3.75. The molecule has 0 amide bonds. The first-order valence-corrected chi connectivity index (χ1v) is 8.02. The Morgan fingerprint density at radius 1 is 1.26 bits per heavy atom. The van der Waals surface area contributed by atoms with Crippen LogP contribution in [0.2, 0.25) is 0 Å². The fourth-order valence-corrected chi connectivity index (χ4v) is 3.05. The Morgan fingerprint density at radius 3 is 2.87 bits per heavy atom. The maximum atomic E-state index is 8.28. The van der Waals surface area contributed by atoms with Crippen LogP contribution in [-0.2, 0) is 0 Å². The first kappa shape index (κ1) is 15.2. The van der Waals surface area contributed by atoms with Crippen LogP contribution in [0.4, 0.5) is 0 Å². The van der Waals surface area contributed by atoms with Gasteiger partial charge >= 0.3 is 0 Å². The molecule has 0 aliphatic heterocycles. The van der Waals surface area contributed by atoms with E-state index in [1.165, 1.54) is 25.7 Å². The van der Waals surface area contributed by atoms with Crippen molar-refractivity contribution < 1.29 is 0 Å². The van der Waals surface area contributed by atoms with Crippen LogP contribution < -0.4 is 0 Å². The van der Waals surface area contributed by atoms with Gasteiger partial charge < -0.3 is 4.98 Å². The first-order valence-electron chi connectivity index (χ1n) is 8.02. The summed E-state index contributed by atoms with van der Waals surface area (Å²) in [5.74, 6) is 0.893. The number of hydrogen-bond donors (Lipinski definition) is 2. The summed E-state index contributed by atoms with van der Waals surface area (Å²) < 4.78 is 0. The molecule has 0 atom stereocenters. The molecule has 6 nitrogen and oxygen atoms in total. The Balaban J connectivity index is 0.000000151. The molecular weight excluding hydrogens is 288 g/mol. The molecule has 6 heteroatoms. The maximum Gasteiger partial charge on any atom is 0.141 e. The Labute approximate surface area is 135 Å². The molecular formula is C17H20N6. The van der Waals surface area contributed by atoms with Crippen molar-refractivity contribution >= 4 is 11.0 Å². The van der Waals surface area contributed by atoms with Crippen LogP contribution in [0, 0.1) is 17.2 Å². The number of rotatable bonds is 3. The number of hydrogen-bond acceptors (Lipinski definition) is 4. The van der Waals surface area contributed by atoms with Crippen LogP contribution in [0.5, 0.6) is 0 Å². The molecule has 1 aliphatic carbocycles. The van der Waals surface area contributed by atoms with E-state index >= 15 is 0 Å². The summed E-state index contributed by atoms with van der Waals surface area (Å²) in [6.07, 6.45) is 14.4. The van der Waals surface area contributed by atoms with Crippen molar-refractivity contribution in [2.24, 2.45) is 5.92 Å². The van der Waals surface area contributed by atoms with Gasteiger partial charge in [0, 0.05) is 29.8 Å². The molecule has 2 N–H and O–H groups in total. The molecule has 118 valence electrons. The Hall–Kier alpha value is -2.68. The van der Waals surface area contributed by atoms with Crippen molar-refractivity contribution in [3.05, 3.63) is 31.0 Å². The number of H-pyrrole nitrogens is 2. The van der Waals surface area contributed by atoms with Gasteiger partial charge in [0.25, 0.3) is 0 Å². The van der Waals surface area contributed by atoms with Crippen LogP contribution in [0.3, 0.4) is 0 Å².